The van der Waals surface area contributed by atoms with Gasteiger partial charge in [-0.25, -0.2) is 9.59 Å². The third kappa shape index (κ3) is 4.69. The van der Waals surface area contributed by atoms with Crippen LogP contribution in [0.2, 0.25) is 0 Å². The molecule has 0 bridgehead atoms. The molecule has 90 valence electrons. The molecule has 0 aliphatic rings. The molecule has 0 rings (SSSR count). The molecule has 0 aliphatic heterocycles. The van der Waals surface area contributed by atoms with Crippen LogP contribution in [0.5, 0.6) is 0 Å². The minimum Gasteiger partial charge on any atom is -0.479 e. The summed E-state index contributed by atoms with van der Waals surface area (Å²) >= 11 is 0. The Morgan fingerprint density at radius 3 is 2.19 bits per heavy atom. The number of alkyl carbamates (subject to hydrolysis) is 1. The van der Waals surface area contributed by atoms with E-state index in [1.54, 1.807) is 20.8 Å². The van der Waals surface area contributed by atoms with Crippen LogP contribution in [0.15, 0.2) is 0 Å². The molecule has 0 spiro atoms. The summed E-state index contributed by atoms with van der Waals surface area (Å²) in [5, 5.41) is 11.2. The third-order valence-corrected chi connectivity index (χ3v) is 1.70. The normalized spacial score (nSPS) is 14.4. The first kappa shape index (κ1) is 14.3. The van der Waals surface area contributed by atoms with E-state index in [2.05, 4.69) is 11.2 Å². The first-order chi connectivity index (χ1) is 7.10. The lowest BCUT2D eigenvalue weighted by atomic mass is 9.99. The topological polar surface area (TPSA) is 75.6 Å². The van der Waals surface area contributed by atoms with Crippen molar-refractivity contribution in [3.8, 4) is 12.3 Å². The monoisotopic (exact) mass is 227 g/mol. The molecule has 0 aromatic heterocycles. The quantitative estimate of drug-likeness (QED) is 0.714. The van der Waals surface area contributed by atoms with Gasteiger partial charge in [-0.15, -0.1) is 12.3 Å². The van der Waals surface area contributed by atoms with Crippen molar-refractivity contribution in [2.24, 2.45) is 0 Å². The smallest absolute Gasteiger partial charge is 0.408 e. The predicted molar refractivity (Wildman–Crippen MR) is 58.9 cm³/mol. The van der Waals surface area contributed by atoms with Crippen LogP contribution < -0.4 is 5.32 Å². The largest absolute Gasteiger partial charge is 0.479 e. The average Bonchev–Trinajstić information content (AvgIpc) is 1.99. The number of hydrogen-bond donors (Lipinski definition) is 2. The van der Waals surface area contributed by atoms with Crippen LogP contribution in [0.1, 0.15) is 34.1 Å². The summed E-state index contributed by atoms with van der Waals surface area (Å²) in [6, 6.07) is 0. The van der Waals surface area contributed by atoms with Crippen molar-refractivity contribution in [3.63, 3.8) is 0 Å². The van der Waals surface area contributed by atoms with Gasteiger partial charge in [-0.1, -0.05) is 0 Å². The molecule has 0 aromatic carbocycles. The number of carboxylic acids is 1. The van der Waals surface area contributed by atoms with E-state index in [0.29, 0.717) is 0 Å². The minimum atomic E-state index is -1.50. The fourth-order valence-corrected chi connectivity index (χ4v) is 0.906. The highest BCUT2D eigenvalue weighted by molar-refractivity contribution is 5.84. The molecule has 2 N–H and O–H groups in total. The Balaban J connectivity index is 4.61. The molecular formula is C11H17NO4. The lowest BCUT2D eigenvalue weighted by molar-refractivity contribution is -0.143. The number of aliphatic carboxylic acids is 1. The van der Waals surface area contributed by atoms with E-state index in [1.165, 1.54) is 6.92 Å². The molecular weight excluding hydrogens is 210 g/mol. The van der Waals surface area contributed by atoms with E-state index < -0.39 is 23.2 Å². The van der Waals surface area contributed by atoms with Crippen molar-refractivity contribution in [3.05, 3.63) is 0 Å². The number of carboxylic acid groups (broad SMARTS) is 1. The maximum atomic E-state index is 11.4. The Bertz CT molecular complexity index is 324. The summed E-state index contributed by atoms with van der Waals surface area (Å²) in [6.45, 7) is 6.39. The Labute approximate surface area is 95.2 Å². The Morgan fingerprint density at radius 1 is 1.38 bits per heavy atom. The molecule has 5 heteroatoms. The second kappa shape index (κ2) is 4.88. The molecule has 1 atom stereocenters. The number of carbonyl (C=O) groups excluding carboxylic acids is 1. The molecule has 0 fully saturated rings. The predicted octanol–water partition coefficient (Wildman–Crippen LogP) is 1.38. The van der Waals surface area contributed by atoms with Crippen LogP contribution in [0.3, 0.4) is 0 Å². The van der Waals surface area contributed by atoms with E-state index >= 15 is 0 Å². The van der Waals surface area contributed by atoms with E-state index in [-0.39, 0.29) is 6.42 Å². The van der Waals surface area contributed by atoms with Crippen molar-refractivity contribution in [1.29, 1.82) is 0 Å². The lowest BCUT2D eigenvalue weighted by Gasteiger charge is -2.26. The summed E-state index contributed by atoms with van der Waals surface area (Å²) in [7, 11) is 0. The number of terminal acetylenes is 1. The van der Waals surface area contributed by atoms with Gasteiger partial charge in [-0.2, -0.15) is 0 Å². The summed E-state index contributed by atoms with van der Waals surface area (Å²) in [4.78, 5) is 22.3. The molecule has 0 aromatic rings. The zero-order chi connectivity index (χ0) is 13.0. The van der Waals surface area contributed by atoms with Gasteiger partial charge in [-0.3, -0.25) is 0 Å². The molecule has 0 aliphatic carbocycles. The first-order valence-corrected chi connectivity index (χ1v) is 4.79. The van der Waals surface area contributed by atoms with Crippen molar-refractivity contribution in [1.82, 2.24) is 5.32 Å². The molecule has 0 heterocycles. The molecule has 0 saturated carbocycles. The van der Waals surface area contributed by atoms with Crippen LogP contribution in [-0.2, 0) is 9.53 Å². The molecule has 16 heavy (non-hydrogen) atoms. The zero-order valence-electron chi connectivity index (χ0n) is 9.96. The Kier molecular flexibility index (Phi) is 4.36. The Morgan fingerprint density at radius 2 is 1.88 bits per heavy atom. The maximum absolute atomic E-state index is 11.4. The maximum Gasteiger partial charge on any atom is 0.408 e. The molecule has 5 nitrogen and oxygen atoms in total. The molecule has 0 radical (unpaired) electrons. The number of nitrogens with one attached hydrogen (secondary N) is 1. The lowest BCUT2D eigenvalue weighted by Crippen LogP contribution is -2.53. The fourth-order valence-electron chi connectivity index (χ4n) is 0.906. The van der Waals surface area contributed by atoms with Crippen molar-refractivity contribution < 1.29 is 19.4 Å². The fraction of sp³-hybridized carbons (Fsp3) is 0.636. The third-order valence-electron chi connectivity index (χ3n) is 1.70. The summed E-state index contributed by atoms with van der Waals surface area (Å²) in [6.07, 6.45) is 4.14. The molecule has 0 unspecified atom stereocenters. The van der Waals surface area contributed by atoms with Gasteiger partial charge in [0.15, 0.2) is 0 Å². The van der Waals surface area contributed by atoms with Gasteiger partial charge in [0.2, 0.25) is 0 Å². The number of amides is 1. The minimum absolute atomic E-state index is 0.110. The standard InChI is InChI=1S/C11H17NO4/c1-6-7-11(5,8(13)14)12-9(15)16-10(2,3)4/h1H,7H2,2-5H3,(H,12,15)(H,13,14)/t11-/m1/s1. The van der Waals surface area contributed by atoms with Crippen molar-refractivity contribution >= 4 is 12.1 Å². The van der Waals surface area contributed by atoms with Gasteiger partial charge in [0, 0.05) is 6.42 Å². The summed E-state index contributed by atoms with van der Waals surface area (Å²) in [5.41, 5.74) is -2.18. The Hall–Kier alpha value is -1.70. The van der Waals surface area contributed by atoms with E-state index in [0.717, 1.165) is 0 Å². The number of rotatable bonds is 3. The van der Waals surface area contributed by atoms with E-state index in [4.69, 9.17) is 16.3 Å². The SMILES string of the molecule is C#CC[C@@](C)(NC(=O)OC(C)(C)C)C(=O)O. The highest BCUT2D eigenvalue weighted by atomic mass is 16.6. The number of ether oxygens (including phenoxy) is 1. The van der Waals surface area contributed by atoms with Crippen molar-refractivity contribution in [2.75, 3.05) is 0 Å². The van der Waals surface area contributed by atoms with Crippen LogP contribution in [0, 0.1) is 12.3 Å². The van der Waals surface area contributed by atoms with Crippen LogP contribution in [0.4, 0.5) is 4.79 Å². The second-order valence-corrected chi connectivity index (χ2v) is 4.65. The summed E-state index contributed by atoms with van der Waals surface area (Å²) in [5.74, 6) is 1.01. The summed E-state index contributed by atoms with van der Waals surface area (Å²) < 4.78 is 4.95. The molecule has 0 saturated heterocycles. The number of hydrogen-bond acceptors (Lipinski definition) is 3. The van der Waals surface area contributed by atoms with Crippen molar-refractivity contribution in [2.45, 2.75) is 45.3 Å². The average molecular weight is 227 g/mol. The van der Waals surface area contributed by atoms with E-state index in [9.17, 15) is 9.59 Å². The first-order valence-electron chi connectivity index (χ1n) is 4.79. The van der Waals surface area contributed by atoms with Gasteiger partial charge in [0.05, 0.1) is 0 Å². The van der Waals surface area contributed by atoms with Crippen LogP contribution >= 0.6 is 0 Å². The highest BCUT2D eigenvalue weighted by Crippen LogP contribution is 2.12. The second-order valence-electron chi connectivity index (χ2n) is 4.65. The van der Waals surface area contributed by atoms with Crippen LogP contribution in [-0.4, -0.2) is 28.3 Å². The van der Waals surface area contributed by atoms with E-state index in [1.807, 2.05) is 0 Å². The zero-order valence-corrected chi connectivity index (χ0v) is 9.96. The number of carbonyl (C=O) groups is 2. The highest BCUT2D eigenvalue weighted by Gasteiger charge is 2.35. The van der Waals surface area contributed by atoms with Gasteiger partial charge < -0.3 is 15.2 Å². The van der Waals surface area contributed by atoms with Gasteiger partial charge in [0.25, 0.3) is 0 Å². The van der Waals surface area contributed by atoms with Gasteiger partial charge in [0.1, 0.15) is 11.1 Å². The molecule has 1 amide bonds. The van der Waals surface area contributed by atoms with Gasteiger partial charge >= 0.3 is 12.1 Å². The van der Waals surface area contributed by atoms with Crippen LogP contribution in [0.25, 0.3) is 0 Å². The van der Waals surface area contributed by atoms with Gasteiger partial charge in [-0.05, 0) is 27.7 Å².